The molecule has 2 heterocycles. The van der Waals surface area contributed by atoms with E-state index in [-0.39, 0.29) is 5.91 Å². The monoisotopic (exact) mass is 395 g/mol. The van der Waals surface area contributed by atoms with Crippen molar-refractivity contribution in [3.05, 3.63) is 53.6 Å². The number of nitrogens with zero attached hydrogens (tertiary/aromatic N) is 4. The number of aromatic nitrogens is 2. The van der Waals surface area contributed by atoms with Crippen molar-refractivity contribution in [2.75, 3.05) is 38.0 Å². The highest BCUT2D eigenvalue weighted by molar-refractivity contribution is 7.00. The molecule has 7 heteroatoms. The van der Waals surface area contributed by atoms with Gasteiger partial charge in [0.05, 0.1) is 24.0 Å². The SMILES string of the molecule is CCc1ccc(CN2CCN(CC(=O)Nc3cccc4nsnc34)CC2)cc1. The Morgan fingerprint density at radius 3 is 2.46 bits per heavy atom. The fourth-order valence-corrected chi connectivity index (χ4v) is 4.09. The maximum atomic E-state index is 12.5. The molecule has 0 bridgehead atoms. The summed E-state index contributed by atoms with van der Waals surface area (Å²) >= 11 is 1.17. The van der Waals surface area contributed by atoms with Crippen LogP contribution in [0.2, 0.25) is 0 Å². The van der Waals surface area contributed by atoms with Crippen molar-refractivity contribution in [3.63, 3.8) is 0 Å². The third-order valence-corrected chi connectivity index (χ3v) is 5.77. The van der Waals surface area contributed by atoms with Crippen molar-refractivity contribution >= 4 is 34.4 Å². The Morgan fingerprint density at radius 1 is 1.00 bits per heavy atom. The lowest BCUT2D eigenvalue weighted by Crippen LogP contribution is -2.48. The number of aryl methyl sites for hydroxylation is 1. The molecule has 6 nitrogen and oxygen atoms in total. The van der Waals surface area contributed by atoms with Gasteiger partial charge in [-0.15, -0.1) is 0 Å². The molecule has 0 saturated carbocycles. The van der Waals surface area contributed by atoms with Gasteiger partial charge in [0, 0.05) is 32.7 Å². The zero-order valence-electron chi connectivity index (χ0n) is 16.1. The van der Waals surface area contributed by atoms with E-state index in [1.54, 1.807) is 0 Å². The molecular formula is C21H25N5OS. The number of anilines is 1. The Kier molecular flexibility index (Phi) is 5.95. The second-order valence-electron chi connectivity index (χ2n) is 7.21. The molecule has 0 spiro atoms. The van der Waals surface area contributed by atoms with Crippen LogP contribution in [0.25, 0.3) is 11.0 Å². The van der Waals surface area contributed by atoms with Gasteiger partial charge in [-0.2, -0.15) is 8.75 Å². The largest absolute Gasteiger partial charge is 0.323 e. The standard InChI is InChI=1S/C21H25N5OS/c1-2-16-6-8-17(9-7-16)14-25-10-12-26(13-11-25)15-20(27)22-18-4-3-5-19-21(18)24-28-23-19/h3-9H,2,10-15H2,1H3,(H,22,27). The molecule has 1 aliphatic rings. The maximum absolute atomic E-state index is 12.5. The van der Waals surface area contributed by atoms with E-state index >= 15 is 0 Å². The fraction of sp³-hybridized carbons (Fsp3) is 0.381. The Balaban J connectivity index is 1.25. The molecule has 1 saturated heterocycles. The predicted molar refractivity (Wildman–Crippen MR) is 114 cm³/mol. The van der Waals surface area contributed by atoms with Gasteiger partial charge in [0.1, 0.15) is 11.0 Å². The average Bonchev–Trinajstić information content (AvgIpc) is 3.20. The van der Waals surface area contributed by atoms with Crippen molar-refractivity contribution in [3.8, 4) is 0 Å². The van der Waals surface area contributed by atoms with Crippen molar-refractivity contribution in [1.82, 2.24) is 18.5 Å². The summed E-state index contributed by atoms with van der Waals surface area (Å²) in [6, 6.07) is 14.6. The molecule has 1 amide bonds. The van der Waals surface area contributed by atoms with Gasteiger partial charge in [-0.1, -0.05) is 37.3 Å². The molecule has 1 fully saturated rings. The summed E-state index contributed by atoms with van der Waals surface area (Å²) < 4.78 is 8.49. The summed E-state index contributed by atoms with van der Waals surface area (Å²) in [6.07, 6.45) is 1.08. The first kappa shape index (κ1) is 19.0. The van der Waals surface area contributed by atoms with Crippen LogP contribution in [0.4, 0.5) is 5.69 Å². The number of nitrogens with one attached hydrogen (secondary N) is 1. The zero-order chi connectivity index (χ0) is 19.3. The third-order valence-electron chi connectivity index (χ3n) is 5.23. The number of carbonyl (C=O) groups is 1. The smallest absolute Gasteiger partial charge is 0.238 e. The van der Waals surface area contributed by atoms with Gasteiger partial charge < -0.3 is 5.32 Å². The third kappa shape index (κ3) is 4.55. The molecule has 1 aromatic heterocycles. The normalized spacial score (nSPS) is 15.8. The molecule has 0 atom stereocenters. The van der Waals surface area contributed by atoms with Crippen LogP contribution in [0, 0.1) is 0 Å². The molecule has 1 aliphatic heterocycles. The Morgan fingerprint density at radius 2 is 1.71 bits per heavy atom. The number of fused-ring (bicyclic) bond motifs is 1. The Labute approximate surface area is 169 Å². The first-order valence-corrected chi connectivity index (χ1v) is 10.5. The highest BCUT2D eigenvalue weighted by Gasteiger charge is 2.19. The molecule has 4 rings (SSSR count). The fourth-order valence-electron chi connectivity index (χ4n) is 3.54. The highest BCUT2D eigenvalue weighted by Crippen LogP contribution is 2.21. The van der Waals surface area contributed by atoms with Crippen LogP contribution in [0.5, 0.6) is 0 Å². The highest BCUT2D eigenvalue weighted by atomic mass is 32.1. The molecule has 146 valence electrons. The summed E-state index contributed by atoms with van der Waals surface area (Å²) in [5.74, 6) is 0.00380. The van der Waals surface area contributed by atoms with Gasteiger partial charge >= 0.3 is 0 Å². The van der Waals surface area contributed by atoms with Crippen molar-refractivity contribution in [1.29, 1.82) is 0 Å². The van der Waals surface area contributed by atoms with E-state index in [2.05, 4.69) is 55.1 Å². The minimum Gasteiger partial charge on any atom is -0.323 e. The minimum absolute atomic E-state index is 0.00380. The van der Waals surface area contributed by atoms with E-state index in [4.69, 9.17) is 0 Å². The molecule has 0 unspecified atom stereocenters. The van der Waals surface area contributed by atoms with Crippen LogP contribution < -0.4 is 5.32 Å². The molecule has 0 radical (unpaired) electrons. The summed E-state index contributed by atoms with van der Waals surface area (Å²) in [5.41, 5.74) is 5.06. The van der Waals surface area contributed by atoms with Gasteiger partial charge in [0.2, 0.25) is 5.91 Å². The van der Waals surface area contributed by atoms with Crippen molar-refractivity contribution in [2.24, 2.45) is 0 Å². The predicted octanol–water partition coefficient (Wildman–Crippen LogP) is 3.01. The topological polar surface area (TPSA) is 61.4 Å². The van der Waals surface area contributed by atoms with Crippen LogP contribution in [-0.2, 0) is 17.8 Å². The number of piperazine rings is 1. The number of rotatable bonds is 6. The maximum Gasteiger partial charge on any atom is 0.238 e. The number of carbonyl (C=O) groups excluding carboxylic acids is 1. The second kappa shape index (κ2) is 8.77. The van der Waals surface area contributed by atoms with Gasteiger partial charge in [-0.3, -0.25) is 14.6 Å². The molecule has 28 heavy (non-hydrogen) atoms. The van der Waals surface area contributed by atoms with Gasteiger partial charge in [0.15, 0.2) is 0 Å². The first-order valence-electron chi connectivity index (χ1n) is 9.75. The van der Waals surface area contributed by atoms with E-state index in [1.165, 1.54) is 22.9 Å². The second-order valence-corrected chi connectivity index (χ2v) is 7.74. The van der Waals surface area contributed by atoms with Crippen molar-refractivity contribution in [2.45, 2.75) is 19.9 Å². The van der Waals surface area contributed by atoms with Crippen molar-refractivity contribution < 1.29 is 4.79 Å². The number of hydrogen-bond acceptors (Lipinski definition) is 6. The summed E-state index contributed by atoms with van der Waals surface area (Å²) in [6.45, 7) is 7.34. The van der Waals surface area contributed by atoms with E-state index in [0.717, 1.165) is 55.9 Å². The van der Waals surface area contributed by atoms with E-state index in [0.29, 0.717) is 6.54 Å². The summed E-state index contributed by atoms with van der Waals surface area (Å²) in [4.78, 5) is 17.1. The Bertz CT molecular complexity index is 931. The van der Waals surface area contributed by atoms with E-state index in [1.807, 2.05) is 18.2 Å². The van der Waals surface area contributed by atoms with Crippen LogP contribution in [-0.4, -0.2) is 57.2 Å². The van der Waals surface area contributed by atoms with Gasteiger partial charge in [-0.25, -0.2) is 0 Å². The lowest BCUT2D eigenvalue weighted by molar-refractivity contribution is -0.117. The average molecular weight is 396 g/mol. The first-order chi connectivity index (χ1) is 13.7. The minimum atomic E-state index is 0.00380. The zero-order valence-corrected chi connectivity index (χ0v) is 16.9. The molecule has 1 N–H and O–H groups in total. The summed E-state index contributed by atoms with van der Waals surface area (Å²) in [7, 11) is 0. The molecule has 2 aromatic carbocycles. The number of benzene rings is 2. The number of hydrogen-bond donors (Lipinski definition) is 1. The van der Waals surface area contributed by atoms with Crippen LogP contribution >= 0.6 is 11.7 Å². The number of amides is 1. The van der Waals surface area contributed by atoms with Crippen LogP contribution in [0.3, 0.4) is 0 Å². The van der Waals surface area contributed by atoms with E-state index in [9.17, 15) is 4.79 Å². The molecule has 0 aliphatic carbocycles. The summed E-state index contributed by atoms with van der Waals surface area (Å²) in [5, 5.41) is 2.99. The Hall–Kier alpha value is -2.35. The van der Waals surface area contributed by atoms with E-state index < -0.39 is 0 Å². The molecule has 3 aromatic rings. The lowest BCUT2D eigenvalue weighted by Gasteiger charge is -2.34. The van der Waals surface area contributed by atoms with Crippen LogP contribution in [0.15, 0.2) is 42.5 Å². The quantitative estimate of drug-likeness (QED) is 0.695. The van der Waals surface area contributed by atoms with Gasteiger partial charge in [-0.05, 0) is 29.7 Å². The van der Waals surface area contributed by atoms with Crippen LogP contribution in [0.1, 0.15) is 18.1 Å². The molecular weight excluding hydrogens is 370 g/mol. The van der Waals surface area contributed by atoms with Gasteiger partial charge in [0.25, 0.3) is 0 Å². The lowest BCUT2D eigenvalue weighted by atomic mass is 10.1.